The van der Waals surface area contributed by atoms with Gasteiger partial charge in [-0.25, -0.2) is 0 Å². The molecule has 0 radical (unpaired) electrons. The lowest BCUT2D eigenvalue weighted by atomic mass is 9.92. The monoisotopic (exact) mass is 430 g/mol. The smallest absolute Gasteiger partial charge is 0.406 e. The first kappa shape index (κ1) is 23.7. The van der Waals surface area contributed by atoms with Crippen LogP contribution < -0.4 is 15.4 Å². The second-order valence-corrected chi connectivity index (χ2v) is 7.80. The second kappa shape index (κ2) is 9.03. The van der Waals surface area contributed by atoms with E-state index in [4.69, 9.17) is 4.74 Å². The third-order valence-electron chi connectivity index (χ3n) is 4.92. The average molecular weight is 430 g/mol. The number of Topliss-reactive ketones (excluding diaryl/α,β-unsaturated/α-hetero) is 1. The summed E-state index contributed by atoms with van der Waals surface area (Å²) in [7, 11) is 0. The van der Waals surface area contributed by atoms with Gasteiger partial charge >= 0.3 is 6.36 Å². The van der Waals surface area contributed by atoms with Gasteiger partial charge in [-0.1, -0.05) is 13.8 Å². The van der Waals surface area contributed by atoms with Gasteiger partial charge in [-0.05, 0) is 50.5 Å². The highest BCUT2D eigenvalue weighted by molar-refractivity contribution is 6.00. The lowest BCUT2D eigenvalue weighted by molar-refractivity contribution is -0.274. The summed E-state index contributed by atoms with van der Waals surface area (Å²) in [6, 6.07) is 3.41. The summed E-state index contributed by atoms with van der Waals surface area (Å²) in [6.45, 7) is 6.86. The van der Waals surface area contributed by atoms with Gasteiger partial charge in [0.2, 0.25) is 5.91 Å². The summed E-state index contributed by atoms with van der Waals surface area (Å²) in [5.41, 5.74) is -1.14. The quantitative estimate of drug-likeness (QED) is 0.694. The molecular formula is C20H25F3N2O5. The van der Waals surface area contributed by atoms with E-state index in [1.807, 2.05) is 13.8 Å². The van der Waals surface area contributed by atoms with Crippen LogP contribution in [-0.4, -0.2) is 48.3 Å². The highest BCUT2D eigenvalue weighted by Gasteiger charge is 2.47. The summed E-state index contributed by atoms with van der Waals surface area (Å²) in [5.74, 6) is -1.86. The van der Waals surface area contributed by atoms with E-state index in [-0.39, 0.29) is 23.9 Å². The average Bonchev–Trinajstić information content (AvgIpc) is 2.87. The van der Waals surface area contributed by atoms with Gasteiger partial charge in [-0.3, -0.25) is 14.4 Å². The minimum absolute atomic E-state index is 0.0457. The number of hydrogen-bond acceptors (Lipinski definition) is 5. The van der Waals surface area contributed by atoms with Gasteiger partial charge in [0.25, 0.3) is 5.91 Å². The Morgan fingerprint density at radius 2 is 1.87 bits per heavy atom. The molecule has 1 aromatic carbocycles. The third kappa shape index (κ3) is 5.94. The first-order valence-corrected chi connectivity index (χ1v) is 9.45. The first-order chi connectivity index (χ1) is 13.8. The van der Waals surface area contributed by atoms with E-state index in [1.54, 1.807) is 13.8 Å². The van der Waals surface area contributed by atoms with Crippen LogP contribution in [0.1, 0.15) is 44.5 Å². The maximum Gasteiger partial charge on any atom is 0.573 e. The molecule has 2 rings (SSSR count). The number of hydrogen-bond donors (Lipinski definition) is 2. The predicted molar refractivity (Wildman–Crippen MR) is 101 cm³/mol. The molecule has 0 unspecified atom stereocenters. The first-order valence-electron chi connectivity index (χ1n) is 9.45. The molecule has 1 fully saturated rings. The van der Waals surface area contributed by atoms with Gasteiger partial charge in [-0.2, -0.15) is 0 Å². The third-order valence-corrected chi connectivity index (χ3v) is 4.92. The van der Waals surface area contributed by atoms with Crippen molar-refractivity contribution in [1.82, 2.24) is 10.6 Å². The molecule has 3 atom stereocenters. The van der Waals surface area contributed by atoms with Gasteiger partial charge < -0.3 is 20.1 Å². The van der Waals surface area contributed by atoms with Crippen molar-refractivity contribution in [3.05, 3.63) is 29.8 Å². The molecule has 0 saturated carbocycles. The van der Waals surface area contributed by atoms with Crippen LogP contribution in [0.25, 0.3) is 0 Å². The van der Waals surface area contributed by atoms with E-state index in [0.29, 0.717) is 6.42 Å². The number of carbonyl (C=O) groups excluding carboxylic acids is 3. The molecule has 30 heavy (non-hydrogen) atoms. The molecule has 166 valence electrons. The number of halogens is 3. The summed E-state index contributed by atoms with van der Waals surface area (Å²) in [5, 5.41) is 5.27. The SMILES string of the molecule is CC(C)C[C@H](NC(=O)c1ccc(OC(F)(F)F)cc1)C(=O)N[C@@]1(C)C(=O)CO[C@@H]1C. The van der Waals surface area contributed by atoms with E-state index in [1.165, 1.54) is 12.1 Å². The van der Waals surface area contributed by atoms with Gasteiger partial charge in [-0.15, -0.1) is 13.2 Å². The van der Waals surface area contributed by atoms with Gasteiger partial charge in [0.15, 0.2) is 5.78 Å². The molecule has 0 spiro atoms. The number of amides is 2. The summed E-state index contributed by atoms with van der Waals surface area (Å²) in [4.78, 5) is 37.5. The maximum atomic E-state index is 12.8. The number of nitrogens with one attached hydrogen (secondary N) is 2. The highest BCUT2D eigenvalue weighted by Crippen LogP contribution is 2.24. The highest BCUT2D eigenvalue weighted by atomic mass is 19.4. The Kier molecular flexibility index (Phi) is 7.12. The fourth-order valence-electron chi connectivity index (χ4n) is 3.01. The zero-order valence-corrected chi connectivity index (χ0v) is 17.1. The van der Waals surface area contributed by atoms with Crippen molar-refractivity contribution in [2.75, 3.05) is 6.61 Å². The Morgan fingerprint density at radius 1 is 1.27 bits per heavy atom. The second-order valence-electron chi connectivity index (χ2n) is 7.80. The van der Waals surface area contributed by atoms with E-state index >= 15 is 0 Å². The van der Waals surface area contributed by atoms with E-state index in [0.717, 1.165) is 12.1 Å². The molecule has 1 saturated heterocycles. The largest absolute Gasteiger partial charge is 0.573 e. The summed E-state index contributed by atoms with van der Waals surface area (Å²) in [6.07, 6.45) is -5.06. The van der Waals surface area contributed by atoms with Crippen LogP contribution in [0.3, 0.4) is 0 Å². The number of alkyl halides is 3. The Hall–Kier alpha value is -2.62. The zero-order chi connectivity index (χ0) is 22.7. The molecule has 0 aliphatic carbocycles. The van der Waals surface area contributed by atoms with Crippen molar-refractivity contribution in [3.8, 4) is 5.75 Å². The van der Waals surface area contributed by atoms with Crippen LogP contribution in [0.5, 0.6) is 5.75 Å². The topological polar surface area (TPSA) is 93.7 Å². The number of carbonyl (C=O) groups is 3. The van der Waals surface area contributed by atoms with Crippen molar-refractivity contribution in [2.45, 2.75) is 58.2 Å². The Balaban J connectivity index is 2.11. The number of ether oxygens (including phenoxy) is 2. The van der Waals surface area contributed by atoms with Crippen molar-refractivity contribution in [1.29, 1.82) is 0 Å². The van der Waals surface area contributed by atoms with Crippen molar-refractivity contribution >= 4 is 17.6 Å². The lowest BCUT2D eigenvalue weighted by Crippen LogP contribution is -2.60. The fraction of sp³-hybridized carbons (Fsp3) is 0.550. The molecule has 1 aliphatic rings. The van der Waals surface area contributed by atoms with Gasteiger partial charge in [0.1, 0.15) is 23.9 Å². The van der Waals surface area contributed by atoms with Crippen molar-refractivity contribution in [2.24, 2.45) is 5.92 Å². The molecule has 1 aliphatic heterocycles. The molecule has 1 aromatic rings. The minimum atomic E-state index is -4.83. The minimum Gasteiger partial charge on any atom is -0.406 e. The number of rotatable bonds is 7. The van der Waals surface area contributed by atoms with Crippen LogP contribution in [0.15, 0.2) is 24.3 Å². The van der Waals surface area contributed by atoms with Crippen LogP contribution in [0.4, 0.5) is 13.2 Å². The number of ketones is 1. The van der Waals surface area contributed by atoms with E-state index in [2.05, 4.69) is 15.4 Å². The van der Waals surface area contributed by atoms with Crippen LogP contribution in [-0.2, 0) is 14.3 Å². The van der Waals surface area contributed by atoms with E-state index in [9.17, 15) is 27.6 Å². The molecule has 0 bridgehead atoms. The molecule has 2 N–H and O–H groups in total. The van der Waals surface area contributed by atoms with Crippen LogP contribution >= 0.6 is 0 Å². The standard InChI is InChI=1S/C20H25F3N2O5/c1-11(2)9-15(18(28)25-19(4)12(3)29-10-16(19)26)24-17(27)13-5-7-14(8-6-13)30-20(21,22)23/h5-8,11-12,15H,9-10H2,1-4H3,(H,24,27)(H,25,28)/t12-,15+,19-/m1/s1. The van der Waals surface area contributed by atoms with Crippen molar-refractivity contribution in [3.63, 3.8) is 0 Å². The van der Waals surface area contributed by atoms with Gasteiger partial charge in [0.05, 0.1) is 6.10 Å². The number of benzene rings is 1. The normalized spacial score (nSPS) is 22.7. The molecule has 1 heterocycles. The molecule has 10 heteroatoms. The van der Waals surface area contributed by atoms with Crippen molar-refractivity contribution < 1.29 is 37.0 Å². The summed E-state index contributed by atoms with van der Waals surface area (Å²) >= 11 is 0. The Labute approximate surface area is 172 Å². The maximum absolute atomic E-state index is 12.8. The Morgan fingerprint density at radius 3 is 2.33 bits per heavy atom. The molecule has 7 nitrogen and oxygen atoms in total. The van der Waals surface area contributed by atoms with E-state index < -0.39 is 41.6 Å². The summed E-state index contributed by atoms with van der Waals surface area (Å²) < 4.78 is 45.8. The van der Waals surface area contributed by atoms with Crippen LogP contribution in [0.2, 0.25) is 0 Å². The molecule has 2 amide bonds. The fourth-order valence-corrected chi connectivity index (χ4v) is 3.01. The zero-order valence-electron chi connectivity index (χ0n) is 17.1. The lowest BCUT2D eigenvalue weighted by Gasteiger charge is -2.30. The molecule has 0 aromatic heterocycles. The van der Waals surface area contributed by atoms with Gasteiger partial charge in [0, 0.05) is 5.56 Å². The Bertz CT molecular complexity index is 795. The molecular weight excluding hydrogens is 405 g/mol. The predicted octanol–water partition coefficient (Wildman–Crippen LogP) is 2.59. The van der Waals surface area contributed by atoms with Crippen LogP contribution in [0, 0.1) is 5.92 Å².